The minimum atomic E-state index is -0.472. The molecule has 3 rings (SSSR count). The predicted octanol–water partition coefficient (Wildman–Crippen LogP) is 2.94. The lowest BCUT2D eigenvalue weighted by Gasteiger charge is -2.30. The SMILES string of the molecule is CCOC(=O)C1CCN(C(=O)COC(=O)Cc2coc3c(C)c(C)ccc23)CC1. The zero-order chi connectivity index (χ0) is 21.0. The lowest BCUT2D eigenvalue weighted by Crippen LogP contribution is -2.42. The molecule has 0 unspecified atom stereocenters. The van der Waals surface area contributed by atoms with E-state index in [2.05, 4.69) is 0 Å². The fourth-order valence-electron chi connectivity index (χ4n) is 3.59. The second-order valence-electron chi connectivity index (χ2n) is 7.39. The largest absolute Gasteiger partial charge is 0.466 e. The molecule has 1 aliphatic heterocycles. The number of amides is 1. The Morgan fingerprint density at radius 1 is 1.14 bits per heavy atom. The van der Waals surface area contributed by atoms with Crippen LogP contribution in [0, 0.1) is 19.8 Å². The van der Waals surface area contributed by atoms with Gasteiger partial charge in [0.15, 0.2) is 6.61 Å². The van der Waals surface area contributed by atoms with Crippen LogP contribution in [-0.2, 0) is 30.3 Å². The summed E-state index contributed by atoms with van der Waals surface area (Å²) in [6.07, 6.45) is 2.75. The van der Waals surface area contributed by atoms with Gasteiger partial charge in [-0.15, -0.1) is 0 Å². The summed E-state index contributed by atoms with van der Waals surface area (Å²) in [7, 11) is 0. The van der Waals surface area contributed by atoms with Gasteiger partial charge in [0.1, 0.15) is 5.58 Å². The first-order valence-corrected chi connectivity index (χ1v) is 9.97. The summed E-state index contributed by atoms with van der Waals surface area (Å²) >= 11 is 0. The molecular formula is C22H27NO6. The van der Waals surface area contributed by atoms with Crippen molar-refractivity contribution >= 4 is 28.8 Å². The maximum absolute atomic E-state index is 12.3. The molecule has 156 valence electrons. The van der Waals surface area contributed by atoms with E-state index in [1.54, 1.807) is 18.1 Å². The number of benzene rings is 1. The molecule has 0 spiro atoms. The highest BCUT2D eigenvalue weighted by molar-refractivity contribution is 5.89. The normalized spacial score (nSPS) is 14.8. The van der Waals surface area contributed by atoms with Crippen LogP contribution in [0.15, 0.2) is 22.8 Å². The lowest BCUT2D eigenvalue weighted by atomic mass is 9.97. The quantitative estimate of drug-likeness (QED) is 0.692. The molecule has 0 saturated carbocycles. The highest BCUT2D eigenvalue weighted by Crippen LogP contribution is 2.27. The minimum Gasteiger partial charge on any atom is -0.466 e. The number of rotatable bonds is 6. The summed E-state index contributed by atoms with van der Waals surface area (Å²) in [5.74, 6) is -1.09. The van der Waals surface area contributed by atoms with Crippen molar-refractivity contribution in [2.45, 2.75) is 40.0 Å². The molecule has 2 heterocycles. The van der Waals surface area contributed by atoms with Crippen LogP contribution in [0.1, 0.15) is 36.5 Å². The van der Waals surface area contributed by atoms with Crippen LogP contribution in [0.25, 0.3) is 11.0 Å². The smallest absolute Gasteiger partial charge is 0.310 e. The van der Waals surface area contributed by atoms with Crippen LogP contribution in [0.4, 0.5) is 0 Å². The lowest BCUT2D eigenvalue weighted by molar-refractivity contribution is -0.154. The summed E-state index contributed by atoms with van der Waals surface area (Å²) in [6.45, 7) is 6.75. The van der Waals surface area contributed by atoms with Gasteiger partial charge in [-0.3, -0.25) is 14.4 Å². The van der Waals surface area contributed by atoms with Gasteiger partial charge in [-0.2, -0.15) is 0 Å². The summed E-state index contributed by atoms with van der Waals surface area (Å²) < 4.78 is 15.8. The molecule has 1 aliphatic rings. The predicted molar refractivity (Wildman–Crippen MR) is 106 cm³/mol. The van der Waals surface area contributed by atoms with E-state index in [9.17, 15) is 14.4 Å². The van der Waals surface area contributed by atoms with Gasteiger partial charge in [-0.05, 0) is 44.7 Å². The Morgan fingerprint density at radius 3 is 2.55 bits per heavy atom. The molecular weight excluding hydrogens is 374 g/mol. The van der Waals surface area contributed by atoms with Crippen molar-refractivity contribution < 1.29 is 28.3 Å². The zero-order valence-electron chi connectivity index (χ0n) is 17.2. The monoisotopic (exact) mass is 401 g/mol. The molecule has 7 nitrogen and oxygen atoms in total. The van der Waals surface area contributed by atoms with Crippen molar-refractivity contribution in [2.24, 2.45) is 5.92 Å². The van der Waals surface area contributed by atoms with E-state index in [4.69, 9.17) is 13.9 Å². The van der Waals surface area contributed by atoms with E-state index in [-0.39, 0.29) is 30.8 Å². The Morgan fingerprint density at radius 2 is 1.86 bits per heavy atom. The second kappa shape index (κ2) is 9.11. The molecule has 1 saturated heterocycles. The van der Waals surface area contributed by atoms with Crippen LogP contribution in [0.3, 0.4) is 0 Å². The number of likely N-dealkylation sites (tertiary alicyclic amines) is 1. The summed E-state index contributed by atoms with van der Waals surface area (Å²) in [6, 6.07) is 3.92. The second-order valence-corrected chi connectivity index (χ2v) is 7.39. The average Bonchev–Trinajstić information content (AvgIpc) is 3.12. The van der Waals surface area contributed by atoms with E-state index in [0.717, 1.165) is 27.7 Å². The van der Waals surface area contributed by atoms with Crippen LogP contribution >= 0.6 is 0 Å². The number of carbonyl (C=O) groups excluding carboxylic acids is 3. The van der Waals surface area contributed by atoms with Crippen LogP contribution in [0.5, 0.6) is 0 Å². The van der Waals surface area contributed by atoms with E-state index in [1.807, 2.05) is 26.0 Å². The number of furan rings is 1. The van der Waals surface area contributed by atoms with Gasteiger partial charge in [0, 0.05) is 24.0 Å². The number of carbonyl (C=O) groups is 3. The number of hydrogen-bond donors (Lipinski definition) is 0. The van der Waals surface area contributed by atoms with Gasteiger partial charge >= 0.3 is 11.9 Å². The van der Waals surface area contributed by atoms with Crippen molar-refractivity contribution in [3.8, 4) is 0 Å². The third-order valence-electron chi connectivity index (χ3n) is 5.50. The van der Waals surface area contributed by atoms with Crippen molar-refractivity contribution in [3.05, 3.63) is 35.1 Å². The van der Waals surface area contributed by atoms with Gasteiger partial charge in [-0.25, -0.2) is 0 Å². The fourth-order valence-corrected chi connectivity index (χ4v) is 3.59. The number of ether oxygens (including phenoxy) is 2. The Bertz CT molecular complexity index is 907. The molecule has 0 bridgehead atoms. The molecule has 0 atom stereocenters. The number of fused-ring (bicyclic) bond motifs is 1. The Labute approximate surface area is 169 Å². The van der Waals surface area contributed by atoms with Gasteiger partial charge in [0.05, 0.1) is 25.2 Å². The highest BCUT2D eigenvalue weighted by Gasteiger charge is 2.28. The third-order valence-corrected chi connectivity index (χ3v) is 5.50. The highest BCUT2D eigenvalue weighted by atomic mass is 16.5. The zero-order valence-corrected chi connectivity index (χ0v) is 17.2. The topological polar surface area (TPSA) is 86.0 Å². The molecule has 0 radical (unpaired) electrons. The third kappa shape index (κ3) is 4.78. The van der Waals surface area contributed by atoms with Crippen molar-refractivity contribution in [2.75, 3.05) is 26.3 Å². The van der Waals surface area contributed by atoms with E-state index < -0.39 is 5.97 Å². The Balaban J connectivity index is 1.48. The van der Waals surface area contributed by atoms with Crippen LogP contribution in [-0.4, -0.2) is 49.0 Å². The van der Waals surface area contributed by atoms with Crippen molar-refractivity contribution in [1.82, 2.24) is 4.90 Å². The van der Waals surface area contributed by atoms with Crippen molar-refractivity contribution in [3.63, 3.8) is 0 Å². The molecule has 0 aliphatic carbocycles. The van der Waals surface area contributed by atoms with E-state index in [0.29, 0.717) is 32.5 Å². The molecule has 1 amide bonds. The van der Waals surface area contributed by atoms with Crippen molar-refractivity contribution in [1.29, 1.82) is 0 Å². The summed E-state index contributed by atoms with van der Waals surface area (Å²) in [5.41, 5.74) is 3.69. The van der Waals surface area contributed by atoms with E-state index in [1.165, 1.54) is 0 Å². The molecule has 1 aromatic heterocycles. The molecule has 1 fully saturated rings. The summed E-state index contributed by atoms with van der Waals surface area (Å²) in [5, 5.41) is 0.886. The minimum absolute atomic E-state index is 0.0493. The van der Waals surface area contributed by atoms with Crippen LogP contribution < -0.4 is 0 Å². The van der Waals surface area contributed by atoms with Gasteiger partial charge in [0.25, 0.3) is 5.91 Å². The van der Waals surface area contributed by atoms with Crippen LogP contribution in [0.2, 0.25) is 0 Å². The number of aryl methyl sites for hydroxylation is 2. The molecule has 1 aromatic carbocycles. The van der Waals surface area contributed by atoms with Gasteiger partial charge in [-0.1, -0.05) is 12.1 Å². The van der Waals surface area contributed by atoms with E-state index >= 15 is 0 Å². The standard InChI is InChI=1S/C22H27NO6/c1-4-27-22(26)16-7-9-23(10-8-16)19(24)13-28-20(25)11-17-12-29-21-15(3)14(2)5-6-18(17)21/h5-6,12,16H,4,7-11,13H2,1-3H3. The molecule has 2 aromatic rings. The number of hydrogen-bond acceptors (Lipinski definition) is 6. The Kier molecular flexibility index (Phi) is 6.56. The number of nitrogens with zero attached hydrogens (tertiary/aromatic N) is 1. The molecule has 7 heteroatoms. The average molecular weight is 401 g/mol. The molecule has 0 N–H and O–H groups in total. The Hall–Kier alpha value is -2.83. The maximum Gasteiger partial charge on any atom is 0.310 e. The van der Waals surface area contributed by atoms with Gasteiger partial charge in [0.2, 0.25) is 0 Å². The first-order valence-electron chi connectivity index (χ1n) is 9.97. The number of piperidine rings is 1. The number of esters is 2. The molecule has 29 heavy (non-hydrogen) atoms. The fraction of sp³-hybridized carbons (Fsp3) is 0.500. The summed E-state index contributed by atoms with van der Waals surface area (Å²) in [4.78, 5) is 37.9. The first kappa shape index (κ1) is 20.9. The first-order chi connectivity index (χ1) is 13.9. The maximum atomic E-state index is 12.3. The van der Waals surface area contributed by atoms with Gasteiger partial charge < -0.3 is 18.8 Å².